The summed E-state index contributed by atoms with van der Waals surface area (Å²) in [4.78, 5) is 18.3. The van der Waals surface area contributed by atoms with Gasteiger partial charge in [0.2, 0.25) is 5.88 Å². The molecule has 0 atom stereocenters. The van der Waals surface area contributed by atoms with Crippen molar-refractivity contribution in [3.8, 4) is 5.88 Å². The third-order valence-electron chi connectivity index (χ3n) is 1.33. The van der Waals surface area contributed by atoms with E-state index in [4.69, 9.17) is 21.1 Å². The fraction of sp³-hybridized carbons (Fsp3) is 0.375. The molecule has 0 radical (unpaired) electrons. The molecule has 0 aliphatic heterocycles. The zero-order chi connectivity index (χ0) is 10.6. The van der Waals surface area contributed by atoms with E-state index >= 15 is 0 Å². The van der Waals surface area contributed by atoms with Crippen molar-refractivity contribution >= 4 is 17.6 Å². The molecule has 6 heteroatoms. The van der Waals surface area contributed by atoms with E-state index < -0.39 is 5.97 Å². The van der Waals surface area contributed by atoms with Gasteiger partial charge in [-0.1, -0.05) is 11.6 Å². The zero-order valence-electron chi connectivity index (χ0n) is 7.78. The number of rotatable bonds is 3. The maximum Gasteiger partial charge on any atom is 0.303 e. The SMILES string of the molecule is COc1cc(Cl)nc(COC(C)=O)n1. The number of nitrogens with zero attached hydrogens (tertiary/aromatic N) is 2. The highest BCUT2D eigenvalue weighted by Gasteiger charge is 2.04. The maximum absolute atomic E-state index is 10.5. The third-order valence-corrected chi connectivity index (χ3v) is 1.52. The van der Waals surface area contributed by atoms with Gasteiger partial charge >= 0.3 is 5.97 Å². The van der Waals surface area contributed by atoms with Crippen LogP contribution in [0.25, 0.3) is 0 Å². The Hall–Kier alpha value is -1.36. The van der Waals surface area contributed by atoms with Crippen molar-refractivity contribution < 1.29 is 14.3 Å². The second-order valence-corrected chi connectivity index (χ2v) is 2.82. The van der Waals surface area contributed by atoms with Gasteiger partial charge in [0.15, 0.2) is 12.4 Å². The first kappa shape index (κ1) is 10.7. The Labute approximate surface area is 86.0 Å². The van der Waals surface area contributed by atoms with Gasteiger partial charge in [0, 0.05) is 13.0 Å². The summed E-state index contributed by atoms with van der Waals surface area (Å²) < 4.78 is 9.57. The zero-order valence-corrected chi connectivity index (χ0v) is 8.54. The molecule has 5 nitrogen and oxygen atoms in total. The number of ether oxygens (including phenoxy) is 2. The van der Waals surface area contributed by atoms with Crippen LogP contribution in [-0.2, 0) is 16.1 Å². The van der Waals surface area contributed by atoms with Gasteiger partial charge in [0.25, 0.3) is 0 Å². The number of halogens is 1. The molecule has 76 valence electrons. The predicted molar refractivity (Wildman–Crippen MR) is 49.1 cm³/mol. The van der Waals surface area contributed by atoms with E-state index in [9.17, 15) is 4.79 Å². The van der Waals surface area contributed by atoms with Crippen molar-refractivity contribution in [3.05, 3.63) is 17.0 Å². The first-order valence-electron chi connectivity index (χ1n) is 3.82. The molecule has 0 aliphatic rings. The molecule has 0 aliphatic carbocycles. The summed E-state index contributed by atoms with van der Waals surface area (Å²) in [5.41, 5.74) is 0. The van der Waals surface area contributed by atoms with Crippen LogP contribution in [0.3, 0.4) is 0 Å². The summed E-state index contributed by atoms with van der Waals surface area (Å²) >= 11 is 5.67. The minimum absolute atomic E-state index is 0.00769. The van der Waals surface area contributed by atoms with Crippen molar-refractivity contribution in [1.82, 2.24) is 9.97 Å². The van der Waals surface area contributed by atoms with Gasteiger partial charge in [-0.25, -0.2) is 4.98 Å². The van der Waals surface area contributed by atoms with E-state index in [0.717, 1.165) is 0 Å². The summed E-state index contributed by atoms with van der Waals surface area (Å²) in [7, 11) is 1.47. The highest BCUT2D eigenvalue weighted by atomic mass is 35.5. The highest BCUT2D eigenvalue weighted by Crippen LogP contribution is 2.13. The molecule has 0 N–H and O–H groups in total. The summed E-state index contributed by atoms with van der Waals surface area (Å²) in [6.07, 6.45) is 0. The van der Waals surface area contributed by atoms with Crippen LogP contribution in [-0.4, -0.2) is 23.0 Å². The topological polar surface area (TPSA) is 61.3 Å². The first-order chi connectivity index (χ1) is 6.61. The van der Waals surface area contributed by atoms with Crippen LogP contribution in [0.1, 0.15) is 12.7 Å². The summed E-state index contributed by atoms with van der Waals surface area (Å²) in [5.74, 6) is 0.254. The molecule has 1 aromatic rings. The minimum atomic E-state index is -0.396. The number of carbonyl (C=O) groups is 1. The van der Waals surface area contributed by atoms with Crippen LogP contribution >= 0.6 is 11.6 Å². The number of esters is 1. The Balaban J connectivity index is 2.76. The summed E-state index contributed by atoms with van der Waals surface area (Å²) in [5, 5.41) is 0.249. The number of methoxy groups -OCH3 is 1. The van der Waals surface area contributed by atoms with Gasteiger partial charge in [-0.15, -0.1) is 0 Å². The first-order valence-corrected chi connectivity index (χ1v) is 4.20. The van der Waals surface area contributed by atoms with E-state index in [1.54, 1.807) is 0 Å². The Morgan fingerprint density at radius 2 is 2.29 bits per heavy atom. The van der Waals surface area contributed by atoms with E-state index in [-0.39, 0.29) is 11.8 Å². The van der Waals surface area contributed by atoms with Gasteiger partial charge in [-0.3, -0.25) is 4.79 Å². The lowest BCUT2D eigenvalue weighted by atomic mass is 10.5. The van der Waals surface area contributed by atoms with Crippen molar-refractivity contribution in [2.24, 2.45) is 0 Å². The van der Waals surface area contributed by atoms with Crippen LogP contribution in [0, 0.1) is 0 Å². The van der Waals surface area contributed by atoms with Gasteiger partial charge in [0.05, 0.1) is 7.11 Å². The largest absolute Gasteiger partial charge is 0.481 e. The quantitative estimate of drug-likeness (QED) is 0.561. The molecule has 0 saturated carbocycles. The molecule has 1 heterocycles. The molecule has 1 aromatic heterocycles. The Bertz CT molecular complexity index is 343. The molecular weight excluding hydrogens is 208 g/mol. The van der Waals surface area contributed by atoms with Crippen molar-refractivity contribution in [2.75, 3.05) is 7.11 Å². The lowest BCUT2D eigenvalue weighted by Crippen LogP contribution is -2.04. The Morgan fingerprint density at radius 1 is 1.57 bits per heavy atom. The van der Waals surface area contributed by atoms with E-state index in [1.165, 1.54) is 20.1 Å². The minimum Gasteiger partial charge on any atom is -0.481 e. The van der Waals surface area contributed by atoms with Crippen LogP contribution in [0.2, 0.25) is 5.15 Å². The van der Waals surface area contributed by atoms with Crippen molar-refractivity contribution in [1.29, 1.82) is 0 Å². The monoisotopic (exact) mass is 216 g/mol. The molecule has 0 aromatic carbocycles. The third kappa shape index (κ3) is 3.18. The molecule has 0 bridgehead atoms. The summed E-state index contributed by atoms with van der Waals surface area (Å²) in [6.45, 7) is 1.30. The molecule has 0 amide bonds. The highest BCUT2D eigenvalue weighted by molar-refractivity contribution is 6.29. The van der Waals surface area contributed by atoms with Gasteiger partial charge in [-0.2, -0.15) is 4.98 Å². The Kier molecular flexibility index (Phi) is 3.64. The second-order valence-electron chi connectivity index (χ2n) is 2.43. The average molecular weight is 217 g/mol. The van der Waals surface area contributed by atoms with Crippen LogP contribution in [0.4, 0.5) is 0 Å². The molecule has 0 spiro atoms. The molecule has 0 unspecified atom stereocenters. The van der Waals surface area contributed by atoms with E-state index in [0.29, 0.717) is 11.7 Å². The fourth-order valence-electron chi connectivity index (χ4n) is 0.777. The van der Waals surface area contributed by atoms with Gasteiger partial charge in [0.1, 0.15) is 5.15 Å². The second kappa shape index (κ2) is 4.76. The smallest absolute Gasteiger partial charge is 0.303 e. The van der Waals surface area contributed by atoms with E-state index in [2.05, 4.69) is 9.97 Å². The lowest BCUT2D eigenvalue weighted by molar-refractivity contribution is -0.142. The maximum atomic E-state index is 10.5. The van der Waals surface area contributed by atoms with Crippen LogP contribution in [0.15, 0.2) is 6.07 Å². The normalized spacial score (nSPS) is 9.64. The predicted octanol–water partition coefficient (Wildman–Crippen LogP) is 1.20. The average Bonchev–Trinajstić information content (AvgIpc) is 2.14. The number of aromatic nitrogens is 2. The van der Waals surface area contributed by atoms with Crippen LogP contribution < -0.4 is 4.74 Å². The number of carbonyl (C=O) groups excluding carboxylic acids is 1. The molecule has 14 heavy (non-hydrogen) atoms. The lowest BCUT2D eigenvalue weighted by Gasteiger charge is -2.03. The van der Waals surface area contributed by atoms with Gasteiger partial charge in [-0.05, 0) is 0 Å². The van der Waals surface area contributed by atoms with Crippen molar-refractivity contribution in [2.45, 2.75) is 13.5 Å². The van der Waals surface area contributed by atoms with E-state index in [1.807, 2.05) is 0 Å². The standard InChI is InChI=1S/C8H9ClN2O3/c1-5(12)14-4-7-10-6(9)3-8(11-7)13-2/h3H,4H2,1-2H3. The van der Waals surface area contributed by atoms with Crippen LogP contribution in [0.5, 0.6) is 5.88 Å². The van der Waals surface area contributed by atoms with Gasteiger partial charge < -0.3 is 9.47 Å². The fourth-order valence-corrected chi connectivity index (χ4v) is 0.968. The molecule has 0 fully saturated rings. The molecule has 1 rings (SSSR count). The molecular formula is C8H9ClN2O3. The Morgan fingerprint density at radius 3 is 2.86 bits per heavy atom. The number of hydrogen-bond donors (Lipinski definition) is 0. The molecule has 0 saturated heterocycles. The summed E-state index contributed by atoms with van der Waals surface area (Å²) in [6, 6.07) is 1.47. The van der Waals surface area contributed by atoms with Crippen molar-refractivity contribution in [3.63, 3.8) is 0 Å². The number of hydrogen-bond acceptors (Lipinski definition) is 5.